The van der Waals surface area contributed by atoms with Crippen LogP contribution >= 0.6 is 0 Å². The predicted molar refractivity (Wildman–Crippen MR) is 59.3 cm³/mol. The average molecular weight is 188 g/mol. The smallest absolute Gasteiger partial charge is 0.107 e. The summed E-state index contributed by atoms with van der Waals surface area (Å²) in [5.74, 6) is 6.54. The van der Waals surface area contributed by atoms with Crippen molar-refractivity contribution in [2.75, 3.05) is 13.7 Å². The fraction of sp³-hybridized carbons (Fsp3) is 0.385. The lowest BCUT2D eigenvalue weighted by atomic mass is 10.0. The molecule has 1 aromatic carbocycles. The summed E-state index contributed by atoms with van der Waals surface area (Å²) in [6, 6.07) is 8.36. The van der Waals surface area contributed by atoms with Gasteiger partial charge in [0.15, 0.2) is 0 Å². The summed E-state index contributed by atoms with van der Waals surface area (Å²) in [5, 5.41) is 0. The minimum absolute atomic E-state index is 0.492. The Balaban J connectivity index is 2.70. The molecular formula is C13H16O. The molecule has 0 atom stereocenters. The topological polar surface area (TPSA) is 9.23 Å². The van der Waals surface area contributed by atoms with E-state index in [0.717, 1.165) is 5.56 Å². The van der Waals surface area contributed by atoms with Crippen LogP contribution in [0.5, 0.6) is 0 Å². The Morgan fingerprint density at radius 1 is 1.21 bits per heavy atom. The van der Waals surface area contributed by atoms with Crippen molar-refractivity contribution in [3.05, 3.63) is 35.4 Å². The molecule has 0 bridgehead atoms. The molecule has 0 heterocycles. The zero-order valence-corrected chi connectivity index (χ0v) is 9.00. The van der Waals surface area contributed by atoms with Crippen molar-refractivity contribution in [2.24, 2.45) is 0 Å². The molecule has 1 heteroatoms. The van der Waals surface area contributed by atoms with E-state index in [2.05, 4.69) is 50.0 Å². The first-order chi connectivity index (χ1) is 6.74. The largest absolute Gasteiger partial charge is 0.372 e. The Bertz CT molecular complexity index is 324. The Kier molecular flexibility index (Phi) is 4.22. The van der Waals surface area contributed by atoms with Crippen LogP contribution in [0.1, 0.15) is 30.9 Å². The third-order valence-electron chi connectivity index (χ3n) is 2.03. The first-order valence-corrected chi connectivity index (χ1v) is 4.82. The van der Waals surface area contributed by atoms with E-state index in [0.29, 0.717) is 12.5 Å². The molecule has 1 nitrogen and oxygen atoms in total. The highest BCUT2D eigenvalue weighted by atomic mass is 16.5. The van der Waals surface area contributed by atoms with Gasteiger partial charge in [-0.3, -0.25) is 0 Å². The van der Waals surface area contributed by atoms with E-state index < -0.39 is 0 Å². The molecule has 0 spiro atoms. The van der Waals surface area contributed by atoms with Crippen LogP contribution < -0.4 is 0 Å². The van der Waals surface area contributed by atoms with Gasteiger partial charge in [-0.1, -0.05) is 37.8 Å². The van der Waals surface area contributed by atoms with Gasteiger partial charge < -0.3 is 4.74 Å². The predicted octanol–water partition coefficient (Wildman–Crippen LogP) is 2.81. The second-order valence-corrected chi connectivity index (χ2v) is 3.51. The van der Waals surface area contributed by atoms with Crippen molar-refractivity contribution in [1.29, 1.82) is 0 Å². The summed E-state index contributed by atoms with van der Waals surface area (Å²) in [4.78, 5) is 0. The average Bonchev–Trinajstić information content (AvgIpc) is 2.19. The normalized spacial score (nSPS) is 9.71. The number of hydrogen-bond acceptors (Lipinski definition) is 1. The summed E-state index contributed by atoms with van der Waals surface area (Å²) >= 11 is 0. The molecule has 74 valence electrons. The van der Waals surface area contributed by atoms with E-state index >= 15 is 0 Å². The van der Waals surface area contributed by atoms with E-state index in [1.807, 2.05) is 0 Å². The molecule has 0 N–H and O–H groups in total. The van der Waals surface area contributed by atoms with Crippen LogP contribution in [-0.4, -0.2) is 13.7 Å². The molecule has 0 aliphatic heterocycles. The molecule has 0 saturated heterocycles. The third-order valence-corrected chi connectivity index (χ3v) is 2.03. The molecule has 0 radical (unpaired) electrons. The summed E-state index contributed by atoms with van der Waals surface area (Å²) in [6.45, 7) is 4.86. The van der Waals surface area contributed by atoms with Gasteiger partial charge >= 0.3 is 0 Å². The molecule has 0 aromatic heterocycles. The maximum absolute atomic E-state index is 4.85. The van der Waals surface area contributed by atoms with E-state index in [-0.39, 0.29) is 0 Å². The van der Waals surface area contributed by atoms with Crippen molar-refractivity contribution >= 4 is 0 Å². The van der Waals surface area contributed by atoms with E-state index in [9.17, 15) is 0 Å². The quantitative estimate of drug-likeness (QED) is 0.648. The Morgan fingerprint density at radius 3 is 2.36 bits per heavy atom. The van der Waals surface area contributed by atoms with Crippen LogP contribution in [0.25, 0.3) is 0 Å². The standard InChI is InChI=1S/C13H16O/c1-11(2)13-8-6-12(7-9-13)5-4-10-14-3/h6-9,11H,10H2,1-3H3. The lowest BCUT2D eigenvalue weighted by Gasteiger charge is -2.03. The Hall–Kier alpha value is -1.26. The van der Waals surface area contributed by atoms with Gasteiger partial charge in [-0.2, -0.15) is 0 Å². The SMILES string of the molecule is COCC#Cc1ccc(C(C)C)cc1. The molecule has 0 fully saturated rings. The van der Waals surface area contributed by atoms with Crippen LogP contribution in [-0.2, 0) is 4.74 Å². The maximum atomic E-state index is 4.85. The molecular weight excluding hydrogens is 172 g/mol. The van der Waals surface area contributed by atoms with Crippen LogP contribution in [0.3, 0.4) is 0 Å². The van der Waals surface area contributed by atoms with Gasteiger partial charge in [-0.05, 0) is 23.6 Å². The summed E-state index contributed by atoms with van der Waals surface area (Å²) < 4.78 is 4.85. The van der Waals surface area contributed by atoms with Crippen LogP contribution in [0.4, 0.5) is 0 Å². The summed E-state index contributed by atoms with van der Waals surface area (Å²) in [7, 11) is 1.65. The first kappa shape index (κ1) is 10.8. The zero-order valence-electron chi connectivity index (χ0n) is 9.00. The molecule has 0 unspecified atom stereocenters. The van der Waals surface area contributed by atoms with E-state index in [1.165, 1.54) is 5.56 Å². The van der Waals surface area contributed by atoms with E-state index in [1.54, 1.807) is 7.11 Å². The number of rotatable bonds is 2. The van der Waals surface area contributed by atoms with Crippen molar-refractivity contribution < 1.29 is 4.74 Å². The number of methoxy groups -OCH3 is 1. The van der Waals surface area contributed by atoms with Crippen molar-refractivity contribution in [1.82, 2.24) is 0 Å². The first-order valence-electron chi connectivity index (χ1n) is 4.82. The molecule has 0 aliphatic rings. The minimum Gasteiger partial charge on any atom is -0.372 e. The highest BCUT2D eigenvalue weighted by Gasteiger charge is 1.96. The maximum Gasteiger partial charge on any atom is 0.107 e. The van der Waals surface area contributed by atoms with Crippen LogP contribution in [0.15, 0.2) is 24.3 Å². The molecule has 0 amide bonds. The zero-order chi connectivity index (χ0) is 10.4. The molecule has 1 rings (SSSR count). The van der Waals surface area contributed by atoms with Gasteiger partial charge in [-0.25, -0.2) is 0 Å². The summed E-state index contributed by atoms with van der Waals surface area (Å²) in [5.41, 5.74) is 2.40. The monoisotopic (exact) mass is 188 g/mol. The number of hydrogen-bond donors (Lipinski definition) is 0. The van der Waals surface area contributed by atoms with Crippen LogP contribution in [0, 0.1) is 11.8 Å². The van der Waals surface area contributed by atoms with Gasteiger partial charge in [0.25, 0.3) is 0 Å². The summed E-state index contributed by atoms with van der Waals surface area (Å²) in [6.07, 6.45) is 0. The molecule has 0 saturated carbocycles. The molecule has 14 heavy (non-hydrogen) atoms. The fourth-order valence-corrected chi connectivity index (χ4v) is 1.16. The Morgan fingerprint density at radius 2 is 1.86 bits per heavy atom. The van der Waals surface area contributed by atoms with Crippen molar-refractivity contribution in [3.8, 4) is 11.8 Å². The lowest BCUT2D eigenvalue weighted by molar-refractivity contribution is 0.240. The van der Waals surface area contributed by atoms with E-state index in [4.69, 9.17) is 4.74 Å². The van der Waals surface area contributed by atoms with Gasteiger partial charge in [0.2, 0.25) is 0 Å². The lowest BCUT2D eigenvalue weighted by Crippen LogP contribution is -1.87. The van der Waals surface area contributed by atoms with Gasteiger partial charge in [0, 0.05) is 12.7 Å². The highest BCUT2D eigenvalue weighted by molar-refractivity contribution is 5.36. The minimum atomic E-state index is 0.492. The van der Waals surface area contributed by atoms with Crippen molar-refractivity contribution in [2.45, 2.75) is 19.8 Å². The number of ether oxygens (including phenoxy) is 1. The van der Waals surface area contributed by atoms with Gasteiger partial charge in [0.1, 0.15) is 6.61 Å². The Labute approximate surface area is 86.1 Å². The van der Waals surface area contributed by atoms with Gasteiger partial charge in [-0.15, -0.1) is 0 Å². The molecule has 0 aliphatic carbocycles. The van der Waals surface area contributed by atoms with Crippen molar-refractivity contribution in [3.63, 3.8) is 0 Å². The third kappa shape index (κ3) is 3.24. The number of benzene rings is 1. The highest BCUT2D eigenvalue weighted by Crippen LogP contribution is 2.13. The van der Waals surface area contributed by atoms with Gasteiger partial charge in [0.05, 0.1) is 0 Å². The second kappa shape index (κ2) is 5.47. The fourth-order valence-electron chi connectivity index (χ4n) is 1.16. The van der Waals surface area contributed by atoms with Crippen LogP contribution in [0.2, 0.25) is 0 Å². The molecule has 1 aromatic rings. The second-order valence-electron chi connectivity index (χ2n) is 3.51.